The van der Waals surface area contributed by atoms with E-state index in [-0.39, 0.29) is 0 Å². The molecule has 16 heavy (non-hydrogen) atoms. The van der Waals surface area contributed by atoms with Crippen LogP contribution in [0.2, 0.25) is 0 Å². The molecular formula is C14H16IN. The smallest absolute Gasteiger partial charge is 0.0610 e. The molecule has 1 atom stereocenters. The predicted molar refractivity (Wildman–Crippen MR) is 79.0 cm³/mol. The fourth-order valence-corrected chi connectivity index (χ4v) is 2.50. The molecule has 1 aromatic carbocycles. The fraction of sp³-hybridized carbons (Fsp3) is 0.286. The Labute approximate surface area is 111 Å². The first-order valence-corrected chi connectivity index (χ1v) is 6.50. The zero-order chi connectivity index (χ0) is 11.5. The van der Waals surface area contributed by atoms with Crippen molar-refractivity contribution in [2.75, 3.05) is 3.11 Å². The van der Waals surface area contributed by atoms with Gasteiger partial charge >= 0.3 is 0 Å². The Morgan fingerprint density at radius 2 is 1.88 bits per heavy atom. The molecule has 0 radical (unpaired) electrons. The Morgan fingerprint density at radius 1 is 1.19 bits per heavy atom. The SMILES string of the molecule is CC1=CCC(N(I)c2ccc(C)cc2)C=C1. The number of rotatable bonds is 2. The summed E-state index contributed by atoms with van der Waals surface area (Å²) >= 11 is 2.40. The predicted octanol–water partition coefficient (Wildman–Crippen LogP) is 4.43. The first kappa shape index (κ1) is 11.7. The minimum absolute atomic E-state index is 0.479. The lowest BCUT2D eigenvalue weighted by Crippen LogP contribution is -2.24. The number of allylic oxidation sites excluding steroid dienone is 2. The maximum atomic E-state index is 2.40. The minimum atomic E-state index is 0.479. The van der Waals surface area contributed by atoms with Crippen molar-refractivity contribution in [3.05, 3.63) is 53.6 Å². The van der Waals surface area contributed by atoms with Crippen LogP contribution in [0.25, 0.3) is 0 Å². The van der Waals surface area contributed by atoms with Crippen LogP contribution in [-0.2, 0) is 0 Å². The molecule has 2 heteroatoms. The fourth-order valence-electron chi connectivity index (χ4n) is 1.76. The Balaban J connectivity index is 2.11. The molecule has 0 heterocycles. The number of aryl methyl sites for hydroxylation is 1. The second-order valence-corrected chi connectivity index (χ2v) is 5.30. The van der Waals surface area contributed by atoms with Gasteiger partial charge in [-0.05, 0) is 32.4 Å². The van der Waals surface area contributed by atoms with Crippen LogP contribution in [-0.4, -0.2) is 6.04 Å². The Bertz CT molecular complexity index is 417. The maximum Gasteiger partial charge on any atom is 0.0610 e. The van der Waals surface area contributed by atoms with E-state index in [0.29, 0.717) is 6.04 Å². The largest absolute Gasteiger partial charge is 0.308 e. The summed E-state index contributed by atoms with van der Waals surface area (Å²) in [4.78, 5) is 0. The van der Waals surface area contributed by atoms with Gasteiger partial charge in [0.15, 0.2) is 0 Å². The van der Waals surface area contributed by atoms with Crippen molar-refractivity contribution in [3.63, 3.8) is 0 Å². The number of hydrogen-bond acceptors (Lipinski definition) is 1. The normalized spacial score (nSPS) is 19.4. The van der Waals surface area contributed by atoms with E-state index in [1.54, 1.807) is 0 Å². The van der Waals surface area contributed by atoms with Crippen LogP contribution < -0.4 is 3.11 Å². The number of anilines is 1. The molecule has 0 spiro atoms. The lowest BCUT2D eigenvalue weighted by molar-refractivity contribution is 0.836. The highest BCUT2D eigenvalue weighted by Gasteiger charge is 2.14. The van der Waals surface area contributed by atoms with Crippen molar-refractivity contribution in [2.24, 2.45) is 0 Å². The lowest BCUT2D eigenvalue weighted by Gasteiger charge is -2.26. The second kappa shape index (κ2) is 5.04. The van der Waals surface area contributed by atoms with Crippen molar-refractivity contribution in [1.82, 2.24) is 0 Å². The maximum absolute atomic E-state index is 2.40. The molecule has 0 N–H and O–H groups in total. The van der Waals surface area contributed by atoms with Crippen LogP contribution in [0.1, 0.15) is 18.9 Å². The monoisotopic (exact) mass is 325 g/mol. The van der Waals surface area contributed by atoms with E-state index in [2.05, 4.69) is 82.3 Å². The van der Waals surface area contributed by atoms with E-state index in [4.69, 9.17) is 0 Å². The van der Waals surface area contributed by atoms with E-state index in [1.165, 1.54) is 16.8 Å². The first-order valence-electron chi connectivity index (χ1n) is 5.53. The molecule has 1 aliphatic carbocycles. The lowest BCUT2D eigenvalue weighted by atomic mass is 10.0. The molecule has 0 saturated carbocycles. The van der Waals surface area contributed by atoms with Gasteiger partial charge in [0.25, 0.3) is 0 Å². The molecule has 0 fully saturated rings. The summed E-state index contributed by atoms with van der Waals surface area (Å²) in [5.74, 6) is 0. The van der Waals surface area contributed by atoms with Gasteiger partial charge in [-0.1, -0.05) is 41.5 Å². The van der Waals surface area contributed by atoms with E-state index < -0.39 is 0 Å². The van der Waals surface area contributed by atoms with E-state index in [1.807, 2.05) is 0 Å². The van der Waals surface area contributed by atoms with Crippen LogP contribution in [0.5, 0.6) is 0 Å². The van der Waals surface area contributed by atoms with Gasteiger partial charge in [0.2, 0.25) is 0 Å². The van der Waals surface area contributed by atoms with Crippen LogP contribution >= 0.6 is 22.9 Å². The van der Waals surface area contributed by atoms with Crippen LogP contribution in [0.3, 0.4) is 0 Å². The van der Waals surface area contributed by atoms with Crippen LogP contribution in [0, 0.1) is 6.92 Å². The molecule has 1 unspecified atom stereocenters. The molecule has 0 aliphatic heterocycles. The van der Waals surface area contributed by atoms with E-state index >= 15 is 0 Å². The van der Waals surface area contributed by atoms with Gasteiger partial charge in [0, 0.05) is 5.69 Å². The molecule has 1 aromatic rings. The Kier molecular flexibility index (Phi) is 3.69. The molecule has 0 bridgehead atoms. The molecule has 1 aliphatic rings. The van der Waals surface area contributed by atoms with Gasteiger partial charge in [0.05, 0.1) is 28.9 Å². The van der Waals surface area contributed by atoms with Crippen molar-refractivity contribution < 1.29 is 0 Å². The number of nitrogens with zero attached hydrogens (tertiary/aromatic N) is 1. The van der Waals surface area contributed by atoms with Crippen molar-refractivity contribution >= 4 is 28.6 Å². The van der Waals surface area contributed by atoms with Gasteiger partial charge in [-0.3, -0.25) is 0 Å². The van der Waals surface area contributed by atoms with Crippen LogP contribution in [0.4, 0.5) is 5.69 Å². The molecule has 0 aromatic heterocycles. The summed E-state index contributed by atoms with van der Waals surface area (Å²) in [5, 5.41) is 0. The van der Waals surface area contributed by atoms with E-state index in [9.17, 15) is 0 Å². The summed E-state index contributed by atoms with van der Waals surface area (Å²) in [6, 6.07) is 9.16. The van der Waals surface area contributed by atoms with Gasteiger partial charge in [-0.15, -0.1) is 0 Å². The zero-order valence-electron chi connectivity index (χ0n) is 9.65. The third-order valence-corrected chi connectivity index (χ3v) is 4.11. The topological polar surface area (TPSA) is 3.24 Å². The summed E-state index contributed by atoms with van der Waals surface area (Å²) in [5.41, 5.74) is 3.95. The molecule has 1 nitrogen and oxygen atoms in total. The summed E-state index contributed by atoms with van der Waals surface area (Å²) in [7, 11) is 0. The average Bonchev–Trinajstić information content (AvgIpc) is 2.30. The third-order valence-electron chi connectivity index (χ3n) is 2.83. The highest BCUT2D eigenvalue weighted by atomic mass is 127. The molecule has 84 valence electrons. The first-order chi connectivity index (χ1) is 7.66. The molecule has 2 rings (SSSR count). The quantitative estimate of drug-likeness (QED) is 0.574. The zero-order valence-corrected chi connectivity index (χ0v) is 11.8. The average molecular weight is 325 g/mol. The van der Waals surface area contributed by atoms with Crippen LogP contribution in [0.15, 0.2) is 48.1 Å². The van der Waals surface area contributed by atoms with Crippen molar-refractivity contribution in [3.8, 4) is 0 Å². The molecular weight excluding hydrogens is 309 g/mol. The van der Waals surface area contributed by atoms with Crippen molar-refractivity contribution in [2.45, 2.75) is 26.3 Å². The van der Waals surface area contributed by atoms with Gasteiger partial charge in [-0.2, -0.15) is 0 Å². The third kappa shape index (κ3) is 2.67. The van der Waals surface area contributed by atoms with Gasteiger partial charge < -0.3 is 3.11 Å². The van der Waals surface area contributed by atoms with Crippen molar-refractivity contribution in [1.29, 1.82) is 0 Å². The number of hydrogen-bond donors (Lipinski definition) is 0. The Hall–Kier alpha value is -0.770. The molecule has 0 saturated heterocycles. The highest BCUT2D eigenvalue weighted by molar-refractivity contribution is 14.1. The highest BCUT2D eigenvalue weighted by Crippen LogP contribution is 2.26. The summed E-state index contributed by atoms with van der Waals surface area (Å²) < 4.78 is 2.30. The van der Waals surface area contributed by atoms with Gasteiger partial charge in [0.1, 0.15) is 0 Å². The minimum Gasteiger partial charge on any atom is -0.308 e. The molecule has 0 amide bonds. The second-order valence-electron chi connectivity index (χ2n) is 4.26. The van der Waals surface area contributed by atoms with E-state index in [0.717, 1.165) is 6.42 Å². The number of halogens is 1. The standard InChI is InChI=1S/C14H16IN/c1-11-3-7-13(8-4-11)16(15)14-9-5-12(2)6-10-14/h3-9,14H,10H2,1-2H3. The Morgan fingerprint density at radius 3 is 2.44 bits per heavy atom. The summed E-state index contributed by atoms with van der Waals surface area (Å²) in [6.07, 6.45) is 7.87. The number of benzene rings is 1. The summed E-state index contributed by atoms with van der Waals surface area (Å²) in [6.45, 7) is 4.27. The van der Waals surface area contributed by atoms with Gasteiger partial charge in [-0.25, -0.2) is 0 Å².